The molecule has 0 saturated carbocycles. The number of carbonyl (C=O) groups is 2. The zero-order valence-electron chi connectivity index (χ0n) is 18.9. The lowest BCUT2D eigenvalue weighted by Crippen LogP contribution is -2.41. The summed E-state index contributed by atoms with van der Waals surface area (Å²) in [5, 5.41) is 12.4. The molecule has 0 atom stereocenters. The van der Waals surface area contributed by atoms with Crippen LogP contribution in [0.5, 0.6) is 0 Å². The Hall–Kier alpha value is -3.07. The van der Waals surface area contributed by atoms with E-state index < -0.39 is 28.4 Å². The monoisotopic (exact) mass is 534 g/mol. The third-order valence-corrected chi connectivity index (χ3v) is 7.74. The van der Waals surface area contributed by atoms with Crippen LogP contribution >= 0.6 is 23.2 Å². The molecule has 0 heterocycles. The highest BCUT2D eigenvalue weighted by molar-refractivity contribution is 7.92. The van der Waals surface area contributed by atoms with Gasteiger partial charge in [0.15, 0.2) is 0 Å². The number of carbonyl (C=O) groups excluding carboxylic acids is 1. The summed E-state index contributed by atoms with van der Waals surface area (Å²) in [4.78, 5) is 23.7. The molecule has 1 amide bonds. The van der Waals surface area contributed by atoms with E-state index in [9.17, 15) is 18.0 Å². The van der Waals surface area contributed by atoms with E-state index in [1.807, 2.05) is 12.1 Å². The standard InChI is InChI=1S/C25H24Cl2N2O5S/c1-17-22(27)6-3-7-23(17)29(35(33,34)21-11-9-20(26)10-12-21)16-24(30)28-15-19-5-2-4-18(14-19)8-13-25(31)32/h2-7,9-12,14H,8,13,15-16H2,1H3,(H,28,30)(H,31,32). The summed E-state index contributed by atoms with van der Waals surface area (Å²) in [5.74, 6) is -1.40. The fraction of sp³-hybridized carbons (Fsp3) is 0.200. The van der Waals surface area contributed by atoms with E-state index in [4.69, 9.17) is 28.3 Å². The molecule has 2 N–H and O–H groups in total. The Kier molecular flexibility index (Phi) is 8.77. The van der Waals surface area contributed by atoms with E-state index >= 15 is 0 Å². The van der Waals surface area contributed by atoms with Crippen molar-refractivity contribution in [2.45, 2.75) is 31.2 Å². The lowest BCUT2D eigenvalue weighted by molar-refractivity contribution is -0.137. The van der Waals surface area contributed by atoms with Crippen LogP contribution in [0.4, 0.5) is 5.69 Å². The van der Waals surface area contributed by atoms with Crippen molar-refractivity contribution in [3.05, 3.63) is 93.5 Å². The van der Waals surface area contributed by atoms with E-state index in [0.29, 0.717) is 27.7 Å². The number of nitrogens with one attached hydrogen (secondary N) is 1. The average Bonchev–Trinajstić information content (AvgIpc) is 2.82. The maximum Gasteiger partial charge on any atom is 0.303 e. The summed E-state index contributed by atoms with van der Waals surface area (Å²) in [6.45, 7) is 1.37. The molecule has 0 fully saturated rings. The molecule has 3 aromatic carbocycles. The summed E-state index contributed by atoms with van der Waals surface area (Å²) in [7, 11) is -4.11. The number of hydrogen-bond donors (Lipinski definition) is 2. The number of aryl methyl sites for hydroxylation is 1. The number of nitrogens with zero attached hydrogens (tertiary/aromatic N) is 1. The van der Waals surface area contributed by atoms with Crippen LogP contribution in [-0.2, 0) is 32.6 Å². The van der Waals surface area contributed by atoms with Crippen molar-refractivity contribution in [1.82, 2.24) is 5.32 Å². The van der Waals surface area contributed by atoms with Crippen LogP contribution in [0.15, 0.2) is 71.6 Å². The molecule has 0 aliphatic heterocycles. The van der Waals surface area contributed by atoms with Gasteiger partial charge in [-0.3, -0.25) is 13.9 Å². The average molecular weight is 535 g/mol. The van der Waals surface area contributed by atoms with E-state index in [2.05, 4.69) is 5.32 Å². The zero-order chi connectivity index (χ0) is 25.6. The van der Waals surface area contributed by atoms with Crippen LogP contribution in [0, 0.1) is 6.92 Å². The van der Waals surface area contributed by atoms with Gasteiger partial charge in [0.25, 0.3) is 10.0 Å². The molecule has 0 bridgehead atoms. The molecule has 0 aliphatic carbocycles. The summed E-state index contributed by atoms with van der Waals surface area (Å²) >= 11 is 12.2. The van der Waals surface area contributed by atoms with Crippen molar-refractivity contribution in [3.8, 4) is 0 Å². The van der Waals surface area contributed by atoms with Crippen LogP contribution in [0.2, 0.25) is 10.0 Å². The third-order valence-electron chi connectivity index (χ3n) is 5.31. The van der Waals surface area contributed by atoms with Crippen molar-refractivity contribution in [2.75, 3.05) is 10.8 Å². The van der Waals surface area contributed by atoms with Gasteiger partial charge < -0.3 is 10.4 Å². The molecule has 10 heteroatoms. The van der Waals surface area contributed by atoms with E-state index in [0.717, 1.165) is 15.4 Å². The summed E-state index contributed by atoms with van der Waals surface area (Å²) in [5.41, 5.74) is 2.41. The number of sulfonamides is 1. The molecule has 0 spiro atoms. The molecular weight excluding hydrogens is 511 g/mol. The molecule has 0 saturated heterocycles. The number of carboxylic acids is 1. The van der Waals surface area contributed by atoms with Gasteiger partial charge in [-0.1, -0.05) is 53.5 Å². The molecule has 0 unspecified atom stereocenters. The Bertz CT molecular complexity index is 1330. The van der Waals surface area contributed by atoms with Gasteiger partial charge in [-0.15, -0.1) is 0 Å². The molecular formula is C25H24Cl2N2O5S. The summed E-state index contributed by atoms with van der Waals surface area (Å²) in [6, 6.07) is 17.8. The van der Waals surface area contributed by atoms with Gasteiger partial charge in [-0.25, -0.2) is 8.42 Å². The summed E-state index contributed by atoms with van der Waals surface area (Å²) in [6.07, 6.45) is 0.380. The Balaban J connectivity index is 1.82. The number of anilines is 1. The zero-order valence-corrected chi connectivity index (χ0v) is 21.2. The molecule has 184 valence electrons. The normalized spacial score (nSPS) is 11.2. The second kappa shape index (κ2) is 11.6. The highest BCUT2D eigenvalue weighted by Crippen LogP contribution is 2.31. The minimum Gasteiger partial charge on any atom is -0.481 e. The van der Waals surface area contributed by atoms with Crippen LogP contribution < -0.4 is 9.62 Å². The van der Waals surface area contributed by atoms with Crippen LogP contribution in [0.1, 0.15) is 23.1 Å². The number of carboxylic acid groups (broad SMARTS) is 1. The highest BCUT2D eigenvalue weighted by Gasteiger charge is 2.28. The molecule has 3 aromatic rings. The topological polar surface area (TPSA) is 104 Å². The van der Waals surface area contributed by atoms with Gasteiger partial charge in [0.05, 0.1) is 10.6 Å². The van der Waals surface area contributed by atoms with Gasteiger partial charge >= 0.3 is 5.97 Å². The predicted octanol–water partition coefficient (Wildman–Crippen LogP) is 4.83. The van der Waals surface area contributed by atoms with Gasteiger partial charge in [-0.05, 0) is 66.4 Å². The van der Waals surface area contributed by atoms with Crippen LogP contribution in [0.3, 0.4) is 0 Å². The van der Waals surface area contributed by atoms with Gasteiger partial charge in [0.2, 0.25) is 5.91 Å². The van der Waals surface area contributed by atoms with E-state index in [-0.39, 0.29) is 17.9 Å². The minimum atomic E-state index is -4.11. The molecule has 7 nitrogen and oxygen atoms in total. The number of benzene rings is 3. The Morgan fingerprint density at radius 2 is 1.63 bits per heavy atom. The van der Waals surface area contributed by atoms with Gasteiger partial charge in [0, 0.05) is 23.0 Å². The molecule has 0 aromatic heterocycles. The lowest BCUT2D eigenvalue weighted by atomic mass is 10.1. The fourth-order valence-electron chi connectivity index (χ4n) is 3.43. The van der Waals surface area contributed by atoms with Crippen molar-refractivity contribution in [1.29, 1.82) is 0 Å². The summed E-state index contributed by atoms with van der Waals surface area (Å²) < 4.78 is 28.0. The minimum absolute atomic E-state index is 0.00627. The van der Waals surface area contributed by atoms with E-state index in [1.54, 1.807) is 37.3 Å². The fourth-order valence-corrected chi connectivity index (χ4v) is 5.21. The smallest absolute Gasteiger partial charge is 0.303 e. The van der Waals surface area contributed by atoms with Gasteiger partial charge in [-0.2, -0.15) is 0 Å². The Labute approximate surface area is 214 Å². The molecule has 35 heavy (non-hydrogen) atoms. The Morgan fingerprint density at radius 3 is 2.31 bits per heavy atom. The largest absolute Gasteiger partial charge is 0.481 e. The lowest BCUT2D eigenvalue weighted by Gasteiger charge is -2.26. The molecule has 0 aliphatic rings. The van der Waals surface area contributed by atoms with Crippen molar-refractivity contribution in [3.63, 3.8) is 0 Å². The van der Waals surface area contributed by atoms with Crippen molar-refractivity contribution < 1.29 is 23.1 Å². The highest BCUT2D eigenvalue weighted by atomic mass is 35.5. The maximum atomic E-state index is 13.5. The Morgan fingerprint density at radius 1 is 0.971 bits per heavy atom. The first-order valence-corrected chi connectivity index (χ1v) is 12.9. The number of halogens is 2. The van der Waals surface area contributed by atoms with E-state index in [1.165, 1.54) is 24.3 Å². The first kappa shape index (κ1) is 26.5. The van der Waals surface area contributed by atoms with Crippen LogP contribution in [-0.4, -0.2) is 31.9 Å². The second-order valence-corrected chi connectivity index (χ2v) is 10.5. The number of aliphatic carboxylic acids is 1. The number of hydrogen-bond acceptors (Lipinski definition) is 4. The molecule has 0 radical (unpaired) electrons. The SMILES string of the molecule is Cc1c(Cl)cccc1N(CC(=O)NCc1cccc(CCC(=O)O)c1)S(=O)(=O)c1ccc(Cl)cc1. The van der Waals surface area contributed by atoms with Gasteiger partial charge in [0.1, 0.15) is 6.54 Å². The van der Waals surface area contributed by atoms with Crippen molar-refractivity contribution in [2.24, 2.45) is 0 Å². The van der Waals surface area contributed by atoms with Crippen molar-refractivity contribution >= 4 is 50.8 Å². The number of rotatable bonds is 10. The first-order valence-electron chi connectivity index (χ1n) is 10.7. The number of amides is 1. The quantitative estimate of drug-likeness (QED) is 0.387. The predicted molar refractivity (Wildman–Crippen MR) is 136 cm³/mol. The molecule has 3 rings (SSSR count). The third kappa shape index (κ3) is 6.97. The maximum absolute atomic E-state index is 13.5. The first-order chi connectivity index (χ1) is 16.6. The second-order valence-electron chi connectivity index (χ2n) is 7.84. The van der Waals surface area contributed by atoms with Crippen LogP contribution in [0.25, 0.3) is 0 Å².